The Labute approximate surface area is 146 Å². The van der Waals surface area contributed by atoms with Crippen LogP contribution in [-0.2, 0) is 3.79 Å². The Hall–Kier alpha value is 0.0900. The predicted molar refractivity (Wildman–Crippen MR) is 87.0 cm³/mol. The van der Waals surface area contributed by atoms with E-state index in [-0.39, 0.29) is 32.5 Å². The Morgan fingerprint density at radius 2 is 1.75 bits per heavy atom. The lowest BCUT2D eigenvalue weighted by molar-refractivity contribution is 0.390. The number of hydrogen-bond acceptors (Lipinski definition) is 4. The van der Waals surface area contributed by atoms with Gasteiger partial charge in [-0.05, 0) is 12.2 Å². The van der Waals surface area contributed by atoms with E-state index in [0.29, 0.717) is 0 Å². The SMILES string of the molecule is COc1nc(C(Cl)(Cl)Cl)c(Cl)c(OC(=S)N(C)C)c1Cl. The number of aromatic nitrogens is 1. The molecular weight excluding hydrogens is 389 g/mol. The molecule has 0 amide bonds. The van der Waals surface area contributed by atoms with Gasteiger partial charge in [-0.15, -0.1) is 0 Å². The second-order valence-corrected chi connectivity index (χ2v) is 7.07. The molecule has 0 fully saturated rings. The minimum atomic E-state index is -1.87. The first-order valence-corrected chi connectivity index (χ1v) is 7.28. The summed E-state index contributed by atoms with van der Waals surface area (Å²) < 4.78 is 8.55. The molecule has 0 bridgehead atoms. The molecule has 1 rings (SSSR count). The third-order valence-corrected chi connectivity index (χ3v) is 3.69. The third kappa shape index (κ3) is 4.06. The number of nitrogens with zero attached hydrogens (tertiary/aromatic N) is 2. The van der Waals surface area contributed by atoms with Crippen LogP contribution in [0.2, 0.25) is 10.0 Å². The zero-order valence-corrected chi connectivity index (χ0v) is 15.1. The average molecular weight is 399 g/mol. The maximum Gasteiger partial charge on any atom is 0.264 e. The van der Waals surface area contributed by atoms with Gasteiger partial charge in [0.25, 0.3) is 5.17 Å². The fourth-order valence-corrected chi connectivity index (χ4v) is 2.35. The van der Waals surface area contributed by atoms with Gasteiger partial charge in [-0.25, -0.2) is 4.98 Å². The van der Waals surface area contributed by atoms with Gasteiger partial charge in [-0.2, -0.15) is 0 Å². The summed E-state index contributed by atoms with van der Waals surface area (Å²) in [6, 6.07) is 0. The summed E-state index contributed by atoms with van der Waals surface area (Å²) in [6.45, 7) is 0. The number of alkyl halides is 3. The molecule has 0 aromatic carbocycles. The van der Waals surface area contributed by atoms with Crippen molar-refractivity contribution in [2.24, 2.45) is 0 Å². The zero-order chi connectivity index (χ0) is 15.7. The highest BCUT2D eigenvalue weighted by Crippen LogP contribution is 2.48. The van der Waals surface area contributed by atoms with Crippen molar-refractivity contribution in [3.8, 4) is 11.6 Å². The summed E-state index contributed by atoms with van der Waals surface area (Å²) in [5, 5.41) is 0.0945. The minimum absolute atomic E-state index is 0.00828. The number of rotatable bonds is 2. The van der Waals surface area contributed by atoms with Gasteiger partial charge in [0.15, 0.2) is 5.75 Å². The lowest BCUT2D eigenvalue weighted by Gasteiger charge is -2.20. The Kier molecular flexibility index (Phi) is 6.26. The van der Waals surface area contributed by atoms with Gasteiger partial charge >= 0.3 is 0 Å². The number of methoxy groups -OCH3 is 1. The summed E-state index contributed by atoms with van der Waals surface area (Å²) in [5.41, 5.74) is -0.0676. The van der Waals surface area contributed by atoms with E-state index >= 15 is 0 Å². The van der Waals surface area contributed by atoms with Gasteiger partial charge in [-0.1, -0.05) is 58.0 Å². The van der Waals surface area contributed by atoms with Gasteiger partial charge in [0.1, 0.15) is 15.7 Å². The summed E-state index contributed by atoms with van der Waals surface area (Å²) in [4.78, 5) is 5.50. The van der Waals surface area contributed by atoms with Crippen molar-refractivity contribution in [1.29, 1.82) is 0 Å². The maximum atomic E-state index is 6.12. The van der Waals surface area contributed by atoms with E-state index in [0.717, 1.165) is 0 Å². The van der Waals surface area contributed by atoms with Crippen LogP contribution in [0, 0.1) is 0 Å². The number of halogens is 5. The lowest BCUT2D eigenvalue weighted by atomic mass is 10.3. The molecule has 0 aliphatic heterocycles. The van der Waals surface area contributed by atoms with Crippen LogP contribution in [0.5, 0.6) is 11.6 Å². The van der Waals surface area contributed by atoms with Crippen LogP contribution in [0.1, 0.15) is 5.69 Å². The number of pyridine rings is 1. The maximum absolute atomic E-state index is 6.12. The summed E-state index contributed by atoms with van der Waals surface area (Å²) >= 11 is 34.6. The van der Waals surface area contributed by atoms with E-state index in [4.69, 9.17) is 79.7 Å². The first-order valence-electron chi connectivity index (χ1n) is 4.98. The molecule has 4 nitrogen and oxygen atoms in total. The van der Waals surface area contributed by atoms with Crippen molar-refractivity contribution < 1.29 is 9.47 Å². The van der Waals surface area contributed by atoms with Gasteiger partial charge in [-0.3, -0.25) is 0 Å². The summed E-state index contributed by atoms with van der Waals surface area (Å²) in [5.74, 6) is 0.0224. The Bertz CT molecular complexity index is 533. The molecule has 0 aliphatic carbocycles. The molecule has 1 aromatic rings. The van der Waals surface area contributed by atoms with E-state index in [2.05, 4.69) is 4.98 Å². The normalized spacial score (nSPS) is 11.2. The third-order valence-electron chi connectivity index (χ3n) is 2.02. The van der Waals surface area contributed by atoms with E-state index < -0.39 is 3.79 Å². The lowest BCUT2D eigenvalue weighted by Crippen LogP contribution is -2.25. The monoisotopic (exact) mass is 396 g/mol. The first kappa shape index (κ1) is 18.1. The Morgan fingerprint density at radius 1 is 1.20 bits per heavy atom. The largest absolute Gasteiger partial charge is 0.480 e. The van der Waals surface area contributed by atoms with Crippen molar-refractivity contribution in [1.82, 2.24) is 9.88 Å². The molecule has 0 atom stereocenters. The highest BCUT2D eigenvalue weighted by atomic mass is 35.6. The second-order valence-electron chi connectivity index (χ2n) is 3.69. The zero-order valence-electron chi connectivity index (χ0n) is 10.5. The molecule has 10 heteroatoms. The van der Waals surface area contributed by atoms with E-state index in [1.807, 2.05) is 0 Å². The average Bonchev–Trinajstić information content (AvgIpc) is 2.32. The second kappa shape index (κ2) is 6.90. The molecule has 0 saturated carbocycles. The molecule has 0 unspecified atom stereocenters. The summed E-state index contributed by atoms with van der Waals surface area (Å²) in [7, 11) is 4.75. The number of thiocarbonyl (C=S) groups is 1. The summed E-state index contributed by atoms with van der Waals surface area (Å²) in [6.07, 6.45) is 0. The quantitative estimate of drug-likeness (QED) is 0.543. The van der Waals surface area contributed by atoms with Gasteiger partial charge in [0.2, 0.25) is 9.67 Å². The van der Waals surface area contributed by atoms with E-state index in [9.17, 15) is 0 Å². The molecule has 0 radical (unpaired) electrons. The van der Waals surface area contributed by atoms with Crippen molar-refractivity contribution in [2.45, 2.75) is 3.79 Å². The standard InChI is InChI=1S/C10H9Cl5N2O2S/c1-17(2)9(20)19-6-4(11)7(10(13,14)15)16-8(18-3)5(6)12/h1-3H3. The first-order chi connectivity index (χ1) is 9.09. The van der Waals surface area contributed by atoms with Crippen LogP contribution in [0.3, 0.4) is 0 Å². The van der Waals surface area contributed by atoms with Crippen LogP contribution >= 0.6 is 70.2 Å². The minimum Gasteiger partial charge on any atom is -0.480 e. The molecule has 20 heavy (non-hydrogen) atoms. The van der Waals surface area contributed by atoms with Crippen molar-refractivity contribution in [3.05, 3.63) is 15.7 Å². The molecule has 1 aromatic heterocycles. The fraction of sp³-hybridized carbons (Fsp3) is 0.400. The van der Waals surface area contributed by atoms with Crippen LogP contribution in [0.4, 0.5) is 0 Å². The van der Waals surface area contributed by atoms with Crippen molar-refractivity contribution in [2.75, 3.05) is 21.2 Å². The number of hydrogen-bond donors (Lipinski definition) is 0. The molecule has 0 aliphatic rings. The fourth-order valence-electron chi connectivity index (χ4n) is 1.09. The highest BCUT2D eigenvalue weighted by molar-refractivity contribution is 7.80. The molecule has 112 valence electrons. The molecule has 0 saturated heterocycles. The van der Waals surface area contributed by atoms with Gasteiger partial charge in [0, 0.05) is 14.1 Å². The van der Waals surface area contributed by atoms with Crippen LogP contribution in [-0.4, -0.2) is 36.3 Å². The molecular formula is C10H9Cl5N2O2S. The highest BCUT2D eigenvalue weighted by Gasteiger charge is 2.33. The van der Waals surface area contributed by atoms with Crippen LogP contribution in [0.25, 0.3) is 0 Å². The van der Waals surface area contributed by atoms with E-state index in [1.54, 1.807) is 19.0 Å². The molecule has 0 N–H and O–H groups in total. The van der Waals surface area contributed by atoms with Crippen LogP contribution in [0.15, 0.2) is 0 Å². The molecule has 1 heterocycles. The van der Waals surface area contributed by atoms with Gasteiger partial charge in [0.05, 0.1) is 7.11 Å². The Balaban J connectivity index is 3.45. The smallest absolute Gasteiger partial charge is 0.264 e. The van der Waals surface area contributed by atoms with E-state index in [1.165, 1.54) is 7.11 Å². The van der Waals surface area contributed by atoms with Crippen molar-refractivity contribution in [3.63, 3.8) is 0 Å². The predicted octanol–water partition coefficient (Wildman–Crippen LogP) is 4.45. The Morgan fingerprint density at radius 3 is 2.15 bits per heavy atom. The van der Waals surface area contributed by atoms with Crippen LogP contribution < -0.4 is 9.47 Å². The number of ether oxygens (including phenoxy) is 2. The topological polar surface area (TPSA) is 34.6 Å². The van der Waals surface area contributed by atoms with Crippen molar-refractivity contribution >= 4 is 75.4 Å². The molecule has 0 spiro atoms. The van der Waals surface area contributed by atoms with Gasteiger partial charge < -0.3 is 14.4 Å².